The van der Waals surface area contributed by atoms with Gasteiger partial charge in [0.25, 0.3) is 0 Å². The monoisotopic (exact) mass is 273 g/mol. The molecule has 0 aliphatic heterocycles. The van der Waals surface area contributed by atoms with Crippen molar-refractivity contribution in [2.45, 2.75) is 6.18 Å². The molecular weight excluding hydrogens is 265 g/mol. The summed E-state index contributed by atoms with van der Waals surface area (Å²) in [4.78, 5) is 0. The van der Waals surface area contributed by atoms with Crippen molar-refractivity contribution in [1.29, 1.82) is 0 Å². The second-order valence-corrected chi connectivity index (χ2v) is 3.34. The normalized spacial score (nSPS) is 12.6. The number of para-hydroxylation sites is 1. The summed E-state index contributed by atoms with van der Waals surface area (Å²) in [6, 6.07) is 4.25. The zero-order valence-corrected chi connectivity index (χ0v) is 8.89. The van der Waals surface area contributed by atoms with Crippen LogP contribution in [0.2, 0.25) is 0 Å². The maximum Gasteiger partial charge on any atom is 0.513 e. The van der Waals surface area contributed by atoms with Gasteiger partial charge in [-0.2, -0.15) is 13.2 Å². The van der Waals surface area contributed by atoms with Gasteiger partial charge in [0.2, 0.25) is 0 Å². The summed E-state index contributed by atoms with van der Waals surface area (Å²) in [6.45, 7) is -7.76. The lowest BCUT2D eigenvalue weighted by molar-refractivity contribution is -0.186. The fourth-order valence-corrected chi connectivity index (χ4v) is 1.14. The third kappa shape index (κ3) is 4.86. The summed E-state index contributed by atoms with van der Waals surface area (Å²) in [6.07, 6.45) is -4.54. The van der Waals surface area contributed by atoms with Gasteiger partial charge in [-0.3, -0.25) is 0 Å². The van der Waals surface area contributed by atoms with E-state index in [-0.39, 0.29) is 0 Å². The molecular formula is C9H8BF6O2-. The summed E-state index contributed by atoms with van der Waals surface area (Å²) in [5.74, 6) is -0.549. The molecule has 9 heteroatoms. The summed E-state index contributed by atoms with van der Waals surface area (Å²) in [7, 11) is 0. The molecule has 102 valence electrons. The van der Waals surface area contributed by atoms with Gasteiger partial charge in [-0.25, -0.2) is 0 Å². The highest BCUT2D eigenvalue weighted by Crippen LogP contribution is 2.18. The lowest BCUT2D eigenvalue weighted by Gasteiger charge is -2.19. The molecule has 0 heterocycles. The van der Waals surface area contributed by atoms with Crippen molar-refractivity contribution < 1.29 is 35.6 Å². The molecule has 1 aromatic rings. The summed E-state index contributed by atoms with van der Waals surface area (Å²) >= 11 is 0. The molecule has 0 bridgehead atoms. The Hall–Kier alpha value is -1.38. The highest BCUT2D eigenvalue weighted by molar-refractivity contribution is 6.74. The Bertz CT molecular complexity index is 389. The molecule has 1 aromatic carbocycles. The van der Waals surface area contributed by atoms with Crippen LogP contribution in [0.25, 0.3) is 0 Å². The van der Waals surface area contributed by atoms with Gasteiger partial charge in [0, 0.05) is 0 Å². The van der Waals surface area contributed by atoms with E-state index in [4.69, 9.17) is 0 Å². The lowest BCUT2D eigenvalue weighted by atomic mass is 9.79. The highest BCUT2D eigenvalue weighted by Gasteiger charge is 2.29. The highest BCUT2D eigenvalue weighted by atomic mass is 19.4. The largest absolute Gasteiger partial charge is 0.513 e. The molecule has 0 aromatic heterocycles. The molecule has 0 radical (unpaired) electrons. The van der Waals surface area contributed by atoms with Crippen LogP contribution in [-0.4, -0.2) is 26.6 Å². The van der Waals surface area contributed by atoms with Crippen LogP contribution in [0.15, 0.2) is 24.3 Å². The Morgan fingerprint density at radius 1 is 1.06 bits per heavy atom. The molecule has 0 spiro atoms. The third-order valence-electron chi connectivity index (χ3n) is 1.84. The van der Waals surface area contributed by atoms with Crippen molar-refractivity contribution in [3.05, 3.63) is 24.3 Å². The van der Waals surface area contributed by atoms with E-state index >= 15 is 0 Å². The zero-order chi connectivity index (χ0) is 13.8. The molecule has 0 unspecified atom stereocenters. The van der Waals surface area contributed by atoms with Crippen molar-refractivity contribution in [3.8, 4) is 5.75 Å². The first-order valence-corrected chi connectivity index (χ1v) is 4.76. The molecule has 0 N–H and O–H groups in total. The molecule has 0 saturated heterocycles. The molecule has 0 amide bonds. The quantitative estimate of drug-likeness (QED) is 0.355. The number of ether oxygens (including phenoxy) is 2. The first-order chi connectivity index (χ1) is 8.20. The fraction of sp³-hybridized carbons (Fsp3) is 0.333. The summed E-state index contributed by atoms with van der Waals surface area (Å²) in [5, 5.41) is 0. The Kier molecular flexibility index (Phi) is 4.50. The first-order valence-electron chi connectivity index (χ1n) is 4.76. The number of rotatable bonds is 5. The van der Waals surface area contributed by atoms with E-state index in [0.717, 1.165) is 18.2 Å². The van der Waals surface area contributed by atoms with Crippen molar-refractivity contribution in [3.63, 3.8) is 0 Å². The Morgan fingerprint density at radius 3 is 2.22 bits per heavy atom. The molecule has 0 fully saturated rings. The van der Waals surface area contributed by atoms with Gasteiger partial charge in [-0.1, -0.05) is 23.7 Å². The van der Waals surface area contributed by atoms with Crippen LogP contribution in [0.4, 0.5) is 26.1 Å². The molecule has 2 nitrogen and oxygen atoms in total. The minimum Gasteiger partial charge on any atom is -0.471 e. The molecule has 0 aliphatic rings. The molecule has 0 atom stereocenters. The third-order valence-corrected chi connectivity index (χ3v) is 1.84. The van der Waals surface area contributed by atoms with Gasteiger partial charge in [0.05, 0.1) is 5.75 Å². The van der Waals surface area contributed by atoms with E-state index in [1.807, 2.05) is 0 Å². The topological polar surface area (TPSA) is 18.5 Å². The minimum absolute atomic E-state index is 0.549. The number of benzene rings is 1. The van der Waals surface area contributed by atoms with Crippen molar-refractivity contribution in [1.82, 2.24) is 0 Å². The Morgan fingerprint density at radius 2 is 1.67 bits per heavy atom. The van der Waals surface area contributed by atoms with Crippen LogP contribution >= 0.6 is 0 Å². The van der Waals surface area contributed by atoms with Crippen LogP contribution in [0, 0.1) is 0 Å². The van der Waals surface area contributed by atoms with Crippen LogP contribution < -0.4 is 10.2 Å². The standard InChI is InChI=1S/C9H8BF6O2/c11-9(12,13)5-17-6-18-8-4-2-1-3-7(8)10(14,15)16/h1-4H,5-6H2/q-1. The van der Waals surface area contributed by atoms with Crippen molar-refractivity contribution >= 4 is 12.4 Å². The lowest BCUT2D eigenvalue weighted by Crippen LogP contribution is -2.35. The van der Waals surface area contributed by atoms with E-state index in [2.05, 4.69) is 9.47 Å². The molecule has 1 rings (SSSR count). The second-order valence-electron chi connectivity index (χ2n) is 3.34. The van der Waals surface area contributed by atoms with Gasteiger partial charge in [0.1, 0.15) is 6.61 Å². The molecule has 0 aliphatic carbocycles. The van der Waals surface area contributed by atoms with E-state index in [1.165, 1.54) is 6.07 Å². The van der Waals surface area contributed by atoms with Crippen LogP contribution in [0.3, 0.4) is 0 Å². The average molecular weight is 273 g/mol. The molecule has 18 heavy (non-hydrogen) atoms. The van der Waals surface area contributed by atoms with Gasteiger partial charge in [-0.05, 0) is 6.07 Å². The first kappa shape index (κ1) is 14.7. The van der Waals surface area contributed by atoms with Gasteiger partial charge < -0.3 is 22.4 Å². The van der Waals surface area contributed by atoms with Gasteiger partial charge in [-0.15, -0.1) is 0 Å². The van der Waals surface area contributed by atoms with Crippen molar-refractivity contribution in [2.24, 2.45) is 0 Å². The van der Waals surface area contributed by atoms with Gasteiger partial charge in [0.15, 0.2) is 6.79 Å². The average Bonchev–Trinajstić information content (AvgIpc) is 2.22. The van der Waals surface area contributed by atoms with Gasteiger partial charge >= 0.3 is 13.2 Å². The maximum absolute atomic E-state index is 12.5. The fourth-order valence-electron chi connectivity index (χ4n) is 1.14. The minimum atomic E-state index is -5.29. The van der Waals surface area contributed by atoms with E-state index in [1.54, 1.807) is 0 Å². The number of halogens is 6. The van der Waals surface area contributed by atoms with E-state index < -0.39 is 37.8 Å². The predicted molar refractivity (Wildman–Crippen MR) is 52.7 cm³/mol. The van der Waals surface area contributed by atoms with Crippen LogP contribution in [-0.2, 0) is 4.74 Å². The number of hydrogen-bond acceptors (Lipinski definition) is 2. The predicted octanol–water partition coefficient (Wildman–Crippen LogP) is 2.66. The van der Waals surface area contributed by atoms with Crippen LogP contribution in [0.5, 0.6) is 5.75 Å². The smallest absolute Gasteiger partial charge is 0.471 e. The summed E-state index contributed by atoms with van der Waals surface area (Å²) < 4.78 is 81.2. The van der Waals surface area contributed by atoms with Crippen LogP contribution in [0.1, 0.15) is 0 Å². The SMILES string of the molecule is F[B-](F)(F)c1ccccc1OCOCC(F)(F)F. The Labute approximate surface area is 98.6 Å². The maximum atomic E-state index is 12.5. The summed E-state index contributed by atoms with van der Waals surface area (Å²) in [5.41, 5.74) is -1.01. The second kappa shape index (κ2) is 5.51. The molecule has 0 saturated carbocycles. The van der Waals surface area contributed by atoms with E-state index in [0.29, 0.717) is 0 Å². The van der Waals surface area contributed by atoms with Crippen molar-refractivity contribution in [2.75, 3.05) is 13.4 Å². The zero-order valence-electron chi connectivity index (χ0n) is 8.89. The number of alkyl halides is 3. The van der Waals surface area contributed by atoms with E-state index in [9.17, 15) is 26.1 Å². The Balaban J connectivity index is 2.58. The number of hydrogen-bond donors (Lipinski definition) is 0.